The molecule has 2 N–H and O–H groups in total. The Labute approximate surface area is 92.8 Å². The largest absolute Gasteiger partial charge is 0.340 e. The molecule has 0 bridgehead atoms. The Kier molecular flexibility index (Phi) is 2.95. The summed E-state index contributed by atoms with van der Waals surface area (Å²) in [6.45, 7) is 0. The number of nitrogens with one attached hydrogen (secondary N) is 2. The van der Waals surface area contributed by atoms with Gasteiger partial charge in [0.15, 0.2) is 6.19 Å². The summed E-state index contributed by atoms with van der Waals surface area (Å²) in [5.41, 5.74) is 0.934. The molecule has 16 heavy (non-hydrogen) atoms. The van der Waals surface area contributed by atoms with Gasteiger partial charge in [-0.1, -0.05) is 18.2 Å². The van der Waals surface area contributed by atoms with Gasteiger partial charge in [-0.2, -0.15) is 5.26 Å². The zero-order valence-electron chi connectivity index (χ0n) is 8.38. The zero-order valence-corrected chi connectivity index (χ0v) is 8.38. The van der Waals surface area contributed by atoms with Crippen molar-refractivity contribution in [1.82, 2.24) is 9.97 Å². The van der Waals surface area contributed by atoms with E-state index in [0.717, 1.165) is 5.69 Å². The van der Waals surface area contributed by atoms with E-state index in [-0.39, 0.29) is 0 Å². The molecule has 0 aliphatic heterocycles. The number of nitriles is 1. The van der Waals surface area contributed by atoms with Crippen molar-refractivity contribution in [1.29, 1.82) is 5.26 Å². The van der Waals surface area contributed by atoms with Gasteiger partial charge in [0.1, 0.15) is 18.0 Å². The molecular formula is C11H9N5. The normalized spacial score (nSPS) is 9.19. The molecule has 0 atom stereocenters. The monoisotopic (exact) mass is 211 g/mol. The second-order valence-electron chi connectivity index (χ2n) is 3.02. The molecule has 78 valence electrons. The molecule has 0 spiro atoms. The van der Waals surface area contributed by atoms with Crippen LogP contribution in [0.3, 0.4) is 0 Å². The van der Waals surface area contributed by atoms with Gasteiger partial charge in [-0.15, -0.1) is 0 Å². The van der Waals surface area contributed by atoms with Crippen LogP contribution in [0.25, 0.3) is 0 Å². The van der Waals surface area contributed by atoms with Gasteiger partial charge in [0.2, 0.25) is 0 Å². The molecule has 0 aliphatic carbocycles. The van der Waals surface area contributed by atoms with Crippen LogP contribution in [-0.2, 0) is 0 Å². The van der Waals surface area contributed by atoms with Crippen LogP contribution in [0, 0.1) is 11.5 Å². The minimum Gasteiger partial charge on any atom is -0.340 e. The summed E-state index contributed by atoms with van der Waals surface area (Å²) in [5.74, 6) is 1.11. The number of aromatic nitrogens is 2. The molecule has 2 aromatic rings. The summed E-state index contributed by atoms with van der Waals surface area (Å²) in [7, 11) is 0. The van der Waals surface area contributed by atoms with Crippen LogP contribution >= 0.6 is 0 Å². The number of anilines is 3. The quantitative estimate of drug-likeness (QED) is 0.600. The molecule has 0 unspecified atom stereocenters. The molecule has 1 aromatic carbocycles. The van der Waals surface area contributed by atoms with Crippen molar-refractivity contribution in [2.75, 3.05) is 10.6 Å². The highest BCUT2D eigenvalue weighted by Gasteiger charge is 1.97. The van der Waals surface area contributed by atoms with Gasteiger partial charge in [0, 0.05) is 11.8 Å². The Morgan fingerprint density at radius 1 is 1.06 bits per heavy atom. The van der Waals surface area contributed by atoms with Gasteiger partial charge >= 0.3 is 0 Å². The van der Waals surface area contributed by atoms with E-state index >= 15 is 0 Å². The second kappa shape index (κ2) is 4.75. The van der Waals surface area contributed by atoms with E-state index in [1.165, 1.54) is 6.33 Å². The molecule has 0 saturated heterocycles. The average molecular weight is 211 g/mol. The molecule has 5 heteroatoms. The topological polar surface area (TPSA) is 73.6 Å². The Morgan fingerprint density at radius 3 is 2.56 bits per heavy atom. The van der Waals surface area contributed by atoms with E-state index < -0.39 is 0 Å². The number of rotatable bonds is 3. The lowest BCUT2D eigenvalue weighted by molar-refractivity contribution is 1.17. The maximum atomic E-state index is 8.46. The molecule has 1 heterocycles. The van der Waals surface area contributed by atoms with Gasteiger partial charge in [-0.05, 0) is 12.1 Å². The first kappa shape index (κ1) is 9.93. The van der Waals surface area contributed by atoms with E-state index in [4.69, 9.17) is 5.26 Å². The summed E-state index contributed by atoms with van der Waals surface area (Å²) < 4.78 is 0. The Morgan fingerprint density at radius 2 is 1.81 bits per heavy atom. The van der Waals surface area contributed by atoms with Crippen molar-refractivity contribution < 1.29 is 0 Å². The number of benzene rings is 1. The summed E-state index contributed by atoms with van der Waals surface area (Å²) in [4.78, 5) is 7.93. The highest BCUT2D eigenvalue weighted by atomic mass is 15.1. The van der Waals surface area contributed by atoms with Crippen molar-refractivity contribution in [3.05, 3.63) is 42.7 Å². The minimum absolute atomic E-state index is 0.468. The first-order valence-corrected chi connectivity index (χ1v) is 4.68. The Balaban J connectivity index is 2.16. The van der Waals surface area contributed by atoms with Crippen LogP contribution in [0.2, 0.25) is 0 Å². The number of hydrogen-bond donors (Lipinski definition) is 2. The lowest BCUT2D eigenvalue weighted by Gasteiger charge is -2.05. The van der Waals surface area contributed by atoms with E-state index in [9.17, 15) is 0 Å². The highest BCUT2D eigenvalue weighted by Crippen LogP contribution is 2.15. The van der Waals surface area contributed by atoms with E-state index in [1.807, 2.05) is 36.5 Å². The summed E-state index contributed by atoms with van der Waals surface area (Å²) in [5, 5.41) is 14.0. The Bertz CT molecular complexity index is 503. The van der Waals surface area contributed by atoms with Gasteiger partial charge in [-0.25, -0.2) is 9.97 Å². The molecule has 0 amide bonds. The smallest absolute Gasteiger partial charge is 0.182 e. The highest BCUT2D eigenvalue weighted by molar-refractivity contribution is 5.58. The lowest BCUT2D eigenvalue weighted by Crippen LogP contribution is -1.97. The molecule has 2 rings (SSSR count). The first-order chi connectivity index (χ1) is 7.88. The fourth-order valence-electron chi connectivity index (χ4n) is 1.22. The van der Waals surface area contributed by atoms with E-state index in [1.54, 1.807) is 6.07 Å². The van der Waals surface area contributed by atoms with Crippen LogP contribution < -0.4 is 10.6 Å². The average Bonchev–Trinajstić information content (AvgIpc) is 2.31. The molecule has 0 saturated carbocycles. The van der Waals surface area contributed by atoms with Crippen molar-refractivity contribution in [2.45, 2.75) is 0 Å². The zero-order chi connectivity index (χ0) is 11.2. The predicted octanol–water partition coefficient (Wildman–Crippen LogP) is 2.11. The van der Waals surface area contributed by atoms with Crippen LogP contribution in [0.1, 0.15) is 0 Å². The van der Waals surface area contributed by atoms with Crippen molar-refractivity contribution >= 4 is 17.3 Å². The van der Waals surface area contributed by atoms with Gasteiger partial charge in [-0.3, -0.25) is 5.32 Å². The molecule has 5 nitrogen and oxygen atoms in total. The molecular weight excluding hydrogens is 202 g/mol. The number of para-hydroxylation sites is 1. The van der Waals surface area contributed by atoms with Gasteiger partial charge in [0.25, 0.3) is 0 Å². The molecule has 1 aromatic heterocycles. The van der Waals surface area contributed by atoms with Crippen molar-refractivity contribution in [3.8, 4) is 6.19 Å². The summed E-state index contributed by atoms with van der Waals surface area (Å²) in [6.07, 6.45) is 3.20. The van der Waals surface area contributed by atoms with Gasteiger partial charge in [0.05, 0.1) is 0 Å². The predicted molar refractivity (Wildman–Crippen MR) is 61.0 cm³/mol. The van der Waals surface area contributed by atoms with Crippen LogP contribution in [0.15, 0.2) is 42.7 Å². The second-order valence-corrected chi connectivity index (χ2v) is 3.02. The summed E-state index contributed by atoms with van der Waals surface area (Å²) >= 11 is 0. The van der Waals surface area contributed by atoms with Gasteiger partial charge < -0.3 is 5.32 Å². The molecule has 0 aliphatic rings. The third-order valence-corrected chi connectivity index (χ3v) is 1.90. The van der Waals surface area contributed by atoms with Crippen LogP contribution in [-0.4, -0.2) is 9.97 Å². The Hall–Kier alpha value is -2.61. The fraction of sp³-hybridized carbons (Fsp3) is 0. The SMILES string of the molecule is N#CNc1cc(Nc2ccccc2)ncn1. The molecule has 0 fully saturated rings. The third kappa shape index (κ3) is 2.45. The molecule has 0 radical (unpaired) electrons. The first-order valence-electron chi connectivity index (χ1n) is 4.68. The lowest BCUT2D eigenvalue weighted by atomic mass is 10.3. The third-order valence-electron chi connectivity index (χ3n) is 1.90. The fourth-order valence-corrected chi connectivity index (χ4v) is 1.22. The van der Waals surface area contributed by atoms with E-state index in [0.29, 0.717) is 11.6 Å². The van der Waals surface area contributed by atoms with Crippen molar-refractivity contribution in [3.63, 3.8) is 0 Å². The number of hydrogen-bond acceptors (Lipinski definition) is 5. The van der Waals surface area contributed by atoms with E-state index in [2.05, 4.69) is 20.6 Å². The standard InChI is InChI=1S/C11H9N5/c12-7-13-10-6-11(15-8-14-10)16-9-4-2-1-3-5-9/h1-6,8H,(H2,13,14,15,16). The maximum absolute atomic E-state index is 8.46. The van der Waals surface area contributed by atoms with Crippen LogP contribution in [0.5, 0.6) is 0 Å². The maximum Gasteiger partial charge on any atom is 0.182 e. The minimum atomic E-state index is 0.468. The summed E-state index contributed by atoms with van der Waals surface area (Å²) in [6, 6.07) is 11.3. The van der Waals surface area contributed by atoms with Crippen LogP contribution in [0.4, 0.5) is 17.3 Å². The number of nitrogens with zero attached hydrogens (tertiary/aromatic N) is 3. The van der Waals surface area contributed by atoms with Crippen molar-refractivity contribution in [2.24, 2.45) is 0 Å².